The first-order valence-corrected chi connectivity index (χ1v) is 6.02. The predicted molar refractivity (Wildman–Crippen MR) is 62.3 cm³/mol. The Morgan fingerprint density at radius 1 is 1.44 bits per heavy atom. The fourth-order valence-corrected chi connectivity index (χ4v) is 2.18. The minimum absolute atomic E-state index is 0.175. The topological polar surface area (TPSA) is 69.6 Å². The Kier molecular flexibility index (Phi) is 4.74. The molecule has 4 heteroatoms. The molecule has 1 rings (SSSR count). The van der Waals surface area contributed by atoms with Crippen LogP contribution in [0.2, 0.25) is 0 Å². The lowest BCUT2D eigenvalue weighted by molar-refractivity contribution is -0.139. The molecule has 0 aromatic carbocycles. The average Bonchev–Trinajstić information content (AvgIpc) is 2.15. The highest BCUT2D eigenvalue weighted by Crippen LogP contribution is 2.34. The molecule has 0 aliphatic heterocycles. The summed E-state index contributed by atoms with van der Waals surface area (Å²) in [4.78, 5) is 10.4. The Morgan fingerprint density at radius 3 is 2.50 bits per heavy atom. The van der Waals surface area contributed by atoms with Crippen LogP contribution >= 0.6 is 0 Å². The molecule has 1 aliphatic rings. The standard InChI is InChI=1S/C12H23NO3/c1-12(2)5-3-9(4-6-12)13-8-10(14)7-11(15)16/h9-10,13-14H,3-8H2,1-2H3,(H,15,16). The highest BCUT2D eigenvalue weighted by atomic mass is 16.4. The van der Waals surface area contributed by atoms with Gasteiger partial charge in [0.05, 0.1) is 12.5 Å². The molecule has 94 valence electrons. The molecule has 1 unspecified atom stereocenters. The van der Waals surface area contributed by atoms with Crippen molar-refractivity contribution in [2.24, 2.45) is 5.41 Å². The molecule has 0 heterocycles. The lowest BCUT2D eigenvalue weighted by Gasteiger charge is -2.35. The molecule has 1 fully saturated rings. The summed E-state index contributed by atoms with van der Waals surface area (Å²) in [5.41, 5.74) is 0.442. The lowest BCUT2D eigenvalue weighted by atomic mass is 9.75. The van der Waals surface area contributed by atoms with Crippen LogP contribution in [-0.4, -0.2) is 34.9 Å². The molecule has 0 amide bonds. The molecule has 0 aromatic heterocycles. The third kappa shape index (κ3) is 4.94. The van der Waals surface area contributed by atoms with Crippen LogP contribution < -0.4 is 5.32 Å². The van der Waals surface area contributed by atoms with Gasteiger partial charge in [0.1, 0.15) is 0 Å². The van der Waals surface area contributed by atoms with Crippen molar-refractivity contribution in [1.29, 1.82) is 0 Å². The molecule has 3 N–H and O–H groups in total. The molecule has 0 spiro atoms. The van der Waals surface area contributed by atoms with Crippen LogP contribution in [0.4, 0.5) is 0 Å². The van der Waals surface area contributed by atoms with E-state index < -0.39 is 12.1 Å². The Labute approximate surface area is 97.0 Å². The third-order valence-corrected chi connectivity index (χ3v) is 3.39. The van der Waals surface area contributed by atoms with Gasteiger partial charge < -0.3 is 15.5 Å². The minimum Gasteiger partial charge on any atom is -0.481 e. The maximum Gasteiger partial charge on any atom is 0.306 e. The van der Waals surface area contributed by atoms with E-state index in [9.17, 15) is 9.90 Å². The predicted octanol–water partition coefficient (Wildman–Crippen LogP) is 1.38. The number of nitrogens with one attached hydrogen (secondary N) is 1. The number of aliphatic hydroxyl groups excluding tert-OH is 1. The summed E-state index contributed by atoms with van der Waals surface area (Å²) >= 11 is 0. The van der Waals surface area contributed by atoms with Crippen molar-refractivity contribution in [2.45, 2.75) is 58.1 Å². The molecule has 4 nitrogen and oxygen atoms in total. The van der Waals surface area contributed by atoms with Crippen molar-refractivity contribution in [1.82, 2.24) is 5.32 Å². The van der Waals surface area contributed by atoms with Gasteiger partial charge in [-0.1, -0.05) is 13.8 Å². The van der Waals surface area contributed by atoms with Crippen molar-refractivity contribution in [2.75, 3.05) is 6.54 Å². The average molecular weight is 229 g/mol. The fourth-order valence-electron chi connectivity index (χ4n) is 2.18. The summed E-state index contributed by atoms with van der Waals surface area (Å²) in [5, 5.41) is 21.2. The summed E-state index contributed by atoms with van der Waals surface area (Å²) in [7, 11) is 0. The number of carbonyl (C=O) groups is 1. The van der Waals surface area contributed by atoms with E-state index in [-0.39, 0.29) is 6.42 Å². The largest absolute Gasteiger partial charge is 0.481 e. The van der Waals surface area contributed by atoms with Crippen LogP contribution in [0.1, 0.15) is 46.0 Å². The van der Waals surface area contributed by atoms with Crippen molar-refractivity contribution in [3.63, 3.8) is 0 Å². The van der Waals surface area contributed by atoms with Gasteiger partial charge in [0.25, 0.3) is 0 Å². The van der Waals surface area contributed by atoms with Gasteiger partial charge in [0.15, 0.2) is 0 Å². The molecule has 1 atom stereocenters. The summed E-state index contributed by atoms with van der Waals surface area (Å²) in [6.45, 7) is 4.95. The first-order valence-electron chi connectivity index (χ1n) is 6.02. The SMILES string of the molecule is CC1(C)CCC(NCC(O)CC(=O)O)CC1. The minimum atomic E-state index is -0.945. The third-order valence-electron chi connectivity index (χ3n) is 3.39. The van der Waals surface area contributed by atoms with Crippen molar-refractivity contribution < 1.29 is 15.0 Å². The first kappa shape index (κ1) is 13.5. The number of rotatable bonds is 5. The molecule has 0 radical (unpaired) electrons. The van der Waals surface area contributed by atoms with E-state index in [1.807, 2.05) is 0 Å². The van der Waals surface area contributed by atoms with Crippen molar-refractivity contribution in [3.05, 3.63) is 0 Å². The Hall–Kier alpha value is -0.610. The monoisotopic (exact) mass is 229 g/mol. The maximum absolute atomic E-state index is 10.4. The van der Waals surface area contributed by atoms with Crippen LogP contribution in [0.3, 0.4) is 0 Å². The van der Waals surface area contributed by atoms with E-state index >= 15 is 0 Å². The normalized spacial score (nSPS) is 22.9. The zero-order valence-corrected chi connectivity index (χ0v) is 10.2. The summed E-state index contributed by atoms with van der Waals surface area (Å²) in [6, 6.07) is 0.441. The second-order valence-electron chi connectivity index (χ2n) is 5.60. The molecule has 1 saturated carbocycles. The van der Waals surface area contributed by atoms with Gasteiger partial charge in [-0.2, -0.15) is 0 Å². The highest BCUT2D eigenvalue weighted by molar-refractivity contribution is 5.67. The number of carboxylic acids is 1. The molecule has 1 aliphatic carbocycles. The van der Waals surface area contributed by atoms with E-state index in [1.54, 1.807) is 0 Å². The summed E-state index contributed by atoms with van der Waals surface area (Å²) in [6.07, 6.45) is 3.68. The van der Waals surface area contributed by atoms with Crippen LogP contribution in [-0.2, 0) is 4.79 Å². The van der Waals surface area contributed by atoms with Gasteiger partial charge in [-0.25, -0.2) is 0 Å². The van der Waals surface area contributed by atoms with E-state index in [1.165, 1.54) is 12.8 Å². The summed E-state index contributed by atoms with van der Waals surface area (Å²) in [5.74, 6) is -0.945. The molecular weight excluding hydrogens is 206 g/mol. The van der Waals surface area contributed by atoms with Crippen molar-refractivity contribution >= 4 is 5.97 Å². The smallest absolute Gasteiger partial charge is 0.306 e. The number of carboxylic acid groups (broad SMARTS) is 1. The quantitative estimate of drug-likeness (QED) is 0.666. The van der Waals surface area contributed by atoms with Crippen LogP contribution in [0.25, 0.3) is 0 Å². The fraction of sp³-hybridized carbons (Fsp3) is 0.917. The second kappa shape index (κ2) is 5.64. The summed E-state index contributed by atoms with van der Waals surface area (Å²) < 4.78 is 0. The Balaban J connectivity index is 2.17. The van der Waals surface area contributed by atoms with Gasteiger partial charge in [-0.3, -0.25) is 4.79 Å². The zero-order valence-electron chi connectivity index (χ0n) is 10.2. The number of aliphatic hydroxyl groups is 1. The van der Waals surface area contributed by atoms with Gasteiger partial charge in [-0.05, 0) is 31.1 Å². The van der Waals surface area contributed by atoms with E-state index in [0.29, 0.717) is 18.0 Å². The molecule has 0 saturated heterocycles. The number of aliphatic carboxylic acids is 1. The van der Waals surface area contributed by atoms with E-state index in [4.69, 9.17) is 5.11 Å². The maximum atomic E-state index is 10.4. The molecular formula is C12H23NO3. The molecule has 0 aromatic rings. The molecule has 16 heavy (non-hydrogen) atoms. The second-order valence-corrected chi connectivity index (χ2v) is 5.60. The Bertz CT molecular complexity index is 230. The highest BCUT2D eigenvalue weighted by Gasteiger charge is 2.26. The number of hydrogen-bond donors (Lipinski definition) is 3. The van der Waals surface area contributed by atoms with Crippen LogP contribution in [0, 0.1) is 5.41 Å². The Morgan fingerprint density at radius 2 is 2.00 bits per heavy atom. The zero-order chi connectivity index (χ0) is 12.2. The van der Waals surface area contributed by atoms with Gasteiger partial charge in [0, 0.05) is 12.6 Å². The first-order chi connectivity index (χ1) is 7.39. The number of hydrogen-bond acceptors (Lipinski definition) is 3. The van der Waals surface area contributed by atoms with Crippen LogP contribution in [0.5, 0.6) is 0 Å². The van der Waals surface area contributed by atoms with Crippen molar-refractivity contribution in [3.8, 4) is 0 Å². The van der Waals surface area contributed by atoms with E-state index in [0.717, 1.165) is 12.8 Å². The molecule has 0 bridgehead atoms. The van der Waals surface area contributed by atoms with Gasteiger partial charge in [-0.15, -0.1) is 0 Å². The van der Waals surface area contributed by atoms with Gasteiger partial charge >= 0.3 is 5.97 Å². The van der Waals surface area contributed by atoms with Crippen LogP contribution in [0.15, 0.2) is 0 Å². The lowest BCUT2D eigenvalue weighted by Crippen LogP contribution is -2.40. The van der Waals surface area contributed by atoms with Gasteiger partial charge in [0.2, 0.25) is 0 Å². The van der Waals surface area contributed by atoms with E-state index in [2.05, 4.69) is 19.2 Å².